The first-order chi connectivity index (χ1) is 6.49. The molecule has 1 heterocycles. The fourth-order valence-electron chi connectivity index (χ4n) is 1.85. The molecule has 1 rings (SSSR count). The van der Waals surface area contributed by atoms with E-state index in [0.29, 0.717) is 12.5 Å². The van der Waals surface area contributed by atoms with E-state index in [1.54, 1.807) is 6.07 Å². The zero-order valence-corrected chi connectivity index (χ0v) is 9.42. The summed E-state index contributed by atoms with van der Waals surface area (Å²) in [6, 6.07) is 1.74. The van der Waals surface area contributed by atoms with Crippen molar-refractivity contribution in [1.29, 1.82) is 5.26 Å². The molecule has 1 aliphatic heterocycles. The Morgan fingerprint density at radius 1 is 1.50 bits per heavy atom. The molecule has 0 spiro atoms. The van der Waals surface area contributed by atoms with E-state index in [-0.39, 0.29) is 6.04 Å². The van der Waals surface area contributed by atoms with Gasteiger partial charge in [-0.1, -0.05) is 6.92 Å². The molecule has 0 N–H and O–H groups in total. The topological polar surface area (TPSA) is 61.2 Å². The minimum Gasteiger partial charge on any atom is -0.211 e. The molecule has 0 radical (unpaired) electrons. The fraction of sp³-hybridized carbons (Fsp3) is 0.889. The maximum Gasteiger partial charge on any atom is 0.227 e. The van der Waals surface area contributed by atoms with Crippen LogP contribution in [0.4, 0.5) is 0 Å². The number of nitrogens with zero attached hydrogens (tertiary/aromatic N) is 2. The predicted molar refractivity (Wildman–Crippen MR) is 54.0 cm³/mol. The smallest absolute Gasteiger partial charge is 0.211 e. The Bertz CT molecular complexity index is 331. The summed E-state index contributed by atoms with van der Waals surface area (Å²) in [5.41, 5.74) is 0. The van der Waals surface area contributed by atoms with Gasteiger partial charge in [0.05, 0.1) is 6.07 Å². The molecule has 14 heavy (non-hydrogen) atoms. The Labute approximate surface area is 85.6 Å². The van der Waals surface area contributed by atoms with Gasteiger partial charge in [0.25, 0.3) is 0 Å². The number of nitriles is 1. The number of piperidine rings is 1. The molecule has 0 aliphatic carbocycles. The molecule has 0 saturated carbocycles. The normalized spacial score (nSPS) is 29.8. The van der Waals surface area contributed by atoms with Crippen LogP contribution in [-0.2, 0) is 10.0 Å². The van der Waals surface area contributed by atoms with Gasteiger partial charge >= 0.3 is 0 Å². The summed E-state index contributed by atoms with van der Waals surface area (Å²) in [5.74, 6) is -0.0124. The van der Waals surface area contributed by atoms with Gasteiger partial charge in [-0.05, 0) is 25.7 Å². The maximum absolute atomic E-state index is 11.6. The van der Waals surface area contributed by atoms with Gasteiger partial charge < -0.3 is 0 Å². The fourth-order valence-corrected chi connectivity index (χ4v) is 3.31. The van der Waals surface area contributed by atoms with E-state index in [1.807, 2.05) is 6.92 Å². The van der Waals surface area contributed by atoms with Crippen LogP contribution in [0.1, 0.15) is 26.7 Å². The first kappa shape index (κ1) is 11.5. The second-order valence-electron chi connectivity index (χ2n) is 3.89. The molecular formula is C9H16N2O2S. The van der Waals surface area contributed by atoms with Gasteiger partial charge in [-0.3, -0.25) is 0 Å². The van der Waals surface area contributed by atoms with Crippen LogP contribution in [0.3, 0.4) is 0 Å². The molecule has 1 fully saturated rings. The number of sulfonamides is 1. The Balaban J connectivity index is 2.82. The second-order valence-corrected chi connectivity index (χ2v) is 5.81. The van der Waals surface area contributed by atoms with E-state index in [9.17, 15) is 8.42 Å². The van der Waals surface area contributed by atoms with E-state index in [2.05, 4.69) is 6.92 Å². The lowest BCUT2D eigenvalue weighted by atomic mass is 9.94. The minimum atomic E-state index is -3.34. The van der Waals surface area contributed by atoms with E-state index in [4.69, 9.17) is 5.26 Å². The predicted octanol–water partition coefficient (Wildman–Crippen LogP) is 0.960. The molecule has 5 heteroatoms. The monoisotopic (exact) mass is 216 g/mol. The molecule has 0 amide bonds. The average Bonchev–Trinajstić information content (AvgIpc) is 2.09. The highest BCUT2D eigenvalue weighted by Crippen LogP contribution is 2.25. The van der Waals surface area contributed by atoms with E-state index in [1.165, 1.54) is 4.31 Å². The van der Waals surface area contributed by atoms with Crippen molar-refractivity contribution >= 4 is 10.0 Å². The molecule has 0 aromatic heterocycles. The molecule has 80 valence electrons. The van der Waals surface area contributed by atoms with Gasteiger partial charge in [0, 0.05) is 12.6 Å². The van der Waals surface area contributed by atoms with Crippen molar-refractivity contribution < 1.29 is 8.42 Å². The van der Waals surface area contributed by atoms with Gasteiger partial charge in [-0.25, -0.2) is 8.42 Å². The summed E-state index contributed by atoms with van der Waals surface area (Å²) < 4.78 is 24.8. The van der Waals surface area contributed by atoms with Gasteiger partial charge in [0.2, 0.25) is 10.0 Å². The van der Waals surface area contributed by atoms with Gasteiger partial charge in [0.15, 0.2) is 5.75 Å². The lowest BCUT2D eigenvalue weighted by Gasteiger charge is -2.36. The maximum atomic E-state index is 11.6. The summed E-state index contributed by atoms with van der Waals surface area (Å²) in [6.07, 6.45) is 1.97. The summed E-state index contributed by atoms with van der Waals surface area (Å²) in [4.78, 5) is 0. The first-order valence-corrected chi connectivity index (χ1v) is 6.46. The van der Waals surface area contributed by atoms with Crippen molar-refractivity contribution in [3.05, 3.63) is 0 Å². The van der Waals surface area contributed by atoms with Crippen LogP contribution in [0.25, 0.3) is 0 Å². The van der Waals surface area contributed by atoms with Crippen molar-refractivity contribution in [1.82, 2.24) is 4.31 Å². The molecular weight excluding hydrogens is 200 g/mol. The molecule has 0 aromatic carbocycles. The highest BCUT2D eigenvalue weighted by molar-refractivity contribution is 7.89. The van der Waals surface area contributed by atoms with Crippen molar-refractivity contribution in [2.24, 2.45) is 5.92 Å². The Kier molecular flexibility index (Phi) is 3.51. The van der Waals surface area contributed by atoms with Crippen LogP contribution in [-0.4, -0.2) is 31.1 Å². The molecule has 1 saturated heterocycles. The molecule has 0 bridgehead atoms. The van der Waals surface area contributed by atoms with Crippen molar-refractivity contribution in [3.63, 3.8) is 0 Å². The largest absolute Gasteiger partial charge is 0.227 e. The lowest BCUT2D eigenvalue weighted by Crippen LogP contribution is -2.46. The minimum absolute atomic E-state index is 0.0297. The SMILES string of the molecule is CC1CCCN(S(=O)(=O)CC#N)C1C. The van der Waals surface area contributed by atoms with Crippen LogP contribution in [0.5, 0.6) is 0 Å². The second kappa shape index (κ2) is 4.28. The van der Waals surface area contributed by atoms with Crippen molar-refractivity contribution in [2.75, 3.05) is 12.3 Å². The first-order valence-electron chi connectivity index (χ1n) is 4.85. The van der Waals surface area contributed by atoms with E-state index in [0.717, 1.165) is 12.8 Å². The third-order valence-electron chi connectivity index (χ3n) is 2.92. The summed E-state index contributed by atoms with van der Waals surface area (Å²) >= 11 is 0. The van der Waals surface area contributed by atoms with Crippen LogP contribution in [0, 0.1) is 17.2 Å². The highest BCUT2D eigenvalue weighted by Gasteiger charge is 2.32. The summed E-state index contributed by atoms with van der Waals surface area (Å²) in [5, 5.41) is 8.43. The lowest BCUT2D eigenvalue weighted by molar-refractivity contribution is 0.203. The van der Waals surface area contributed by atoms with Crippen molar-refractivity contribution in [2.45, 2.75) is 32.7 Å². The number of hydrogen-bond acceptors (Lipinski definition) is 3. The third kappa shape index (κ3) is 2.25. The van der Waals surface area contributed by atoms with Crippen LogP contribution < -0.4 is 0 Å². The standard InChI is InChI=1S/C9H16N2O2S/c1-8-4-3-6-11(9(8)2)14(12,13)7-5-10/h8-9H,3-4,6-7H2,1-2H3. The zero-order valence-electron chi connectivity index (χ0n) is 8.60. The highest BCUT2D eigenvalue weighted by atomic mass is 32.2. The summed E-state index contributed by atoms with van der Waals surface area (Å²) in [7, 11) is -3.34. The quantitative estimate of drug-likeness (QED) is 0.690. The van der Waals surface area contributed by atoms with Crippen LogP contribution in [0.15, 0.2) is 0 Å². The van der Waals surface area contributed by atoms with Crippen LogP contribution in [0.2, 0.25) is 0 Å². The molecule has 1 aliphatic rings. The zero-order chi connectivity index (χ0) is 10.8. The number of hydrogen-bond donors (Lipinski definition) is 0. The summed E-state index contributed by atoms with van der Waals surface area (Å²) in [6.45, 7) is 4.53. The molecule has 2 atom stereocenters. The third-order valence-corrected chi connectivity index (χ3v) is 4.64. The van der Waals surface area contributed by atoms with Gasteiger partial charge in [0.1, 0.15) is 0 Å². The van der Waals surface area contributed by atoms with Crippen molar-refractivity contribution in [3.8, 4) is 6.07 Å². The molecule has 4 nitrogen and oxygen atoms in total. The molecule has 2 unspecified atom stereocenters. The van der Waals surface area contributed by atoms with Crippen LogP contribution >= 0.6 is 0 Å². The molecule has 0 aromatic rings. The van der Waals surface area contributed by atoms with Gasteiger partial charge in [-0.15, -0.1) is 0 Å². The van der Waals surface area contributed by atoms with E-state index < -0.39 is 15.8 Å². The number of rotatable bonds is 2. The Morgan fingerprint density at radius 2 is 2.14 bits per heavy atom. The van der Waals surface area contributed by atoms with E-state index >= 15 is 0 Å². The Hall–Kier alpha value is -0.600. The average molecular weight is 216 g/mol. The Morgan fingerprint density at radius 3 is 2.71 bits per heavy atom. The van der Waals surface area contributed by atoms with Gasteiger partial charge in [-0.2, -0.15) is 9.57 Å².